The molecule has 0 saturated carbocycles. The van der Waals surface area contributed by atoms with Gasteiger partial charge >= 0.3 is 8.60 Å². The Balaban J connectivity index is 1.33. The minimum atomic E-state index is -1.44. The summed E-state index contributed by atoms with van der Waals surface area (Å²) in [5.74, 6) is -3.81. The number of hydrogen-bond donors (Lipinski definition) is 4. The summed E-state index contributed by atoms with van der Waals surface area (Å²) in [4.78, 5) is 84.1. The number of ketones is 2. The second-order valence-corrected chi connectivity index (χ2v) is 14.5. The average Bonchev–Trinajstić information content (AvgIpc) is 3.53. The summed E-state index contributed by atoms with van der Waals surface area (Å²) in [5.41, 5.74) is 2.00. The first-order valence-electron chi connectivity index (χ1n) is 18.8. The van der Waals surface area contributed by atoms with Gasteiger partial charge in [-0.2, -0.15) is 4.98 Å². The highest BCUT2D eigenvalue weighted by atomic mass is 31.2. The highest BCUT2D eigenvalue weighted by molar-refractivity contribution is 7.41. The number of nitrogens with zero attached hydrogens (tertiary/aromatic N) is 4. The van der Waals surface area contributed by atoms with E-state index < -0.39 is 49.9 Å². The maximum Gasteiger partial charge on any atom is 0.332 e. The number of benzene rings is 2. The smallest absolute Gasteiger partial charge is 0.332 e. The number of aromatic nitrogens is 4. The lowest BCUT2D eigenvalue weighted by molar-refractivity contribution is -0.134. The van der Waals surface area contributed by atoms with Gasteiger partial charge in [-0.1, -0.05) is 36.4 Å². The first kappa shape index (κ1) is 42.9. The first-order valence-corrected chi connectivity index (χ1v) is 19.9. The monoisotopic (exact) mass is 800 g/mol. The topological polar surface area (TPSA) is 207 Å². The van der Waals surface area contributed by atoms with Crippen molar-refractivity contribution < 1.29 is 32.7 Å². The molecule has 2 aromatic carbocycles. The average molecular weight is 801 g/mol. The van der Waals surface area contributed by atoms with Crippen LogP contribution in [0.3, 0.4) is 0 Å². The molecule has 1 fully saturated rings. The lowest BCUT2D eigenvalue weighted by Crippen LogP contribution is -2.46. The molecular formula is C40H49N8O8P. The standard InChI is InChI=1S/C40H49N8O8P/c1-6-31-32(38(52)46-40-45-36-34(39(53)47-40)44-30(23-43-36)22-42-29-18-16-28(17-19-29)25(4)49)33(35(26(5)50)48(31)24-27-14-10-9-11-15-27)37(51)41-20-12-13-21-56-57(54-7-2)55-8-3/h6,9-11,14-19,23,31-33,35,42H,1,7-8,12-13,20-22,24H2,2-5H3,(H,41,51)(H2,43,45,46,47,52,53). The number of hydrogen-bond acceptors (Lipinski definition) is 13. The number of anilines is 2. The van der Waals surface area contributed by atoms with Crippen LogP contribution in [-0.2, 0) is 41.0 Å². The normalized spacial score (nSPS) is 18.1. The number of fused-ring (bicyclic) bond motifs is 1. The number of aromatic amines is 1. The summed E-state index contributed by atoms with van der Waals surface area (Å²) in [6.45, 7) is 12.7. The Morgan fingerprint density at radius 2 is 1.65 bits per heavy atom. The van der Waals surface area contributed by atoms with Crippen molar-refractivity contribution in [2.45, 2.75) is 65.7 Å². The van der Waals surface area contributed by atoms with E-state index in [1.165, 1.54) is 20.0 Å². The third-order valence-electron chi connectivity index (χ3n) is 9.32. The Morgan fingerprint density at radius 1 is 0.930 bits per heavy atom. The van der Waals surface area contributed by atoms with Crippen LogP contribution in [0.2, 0.25) is 0 Å². The Bertz CT molecular complexity index is 2080. The van der Waals surface area contributed by atoms with E-state index >= 15 is 0 Å². The number of unbranched alkanes of at least 4 members (excludes halogenated alkanes) is 1. The predicted octanol–water partition coefficient (Wildman–Crippen LogP) is 4.94. The van der Waals surface area contributed by atoms with Crippen molar-refractivity contribution in [3.05, 3.63) is 101 Å². The van der Waals surface area contributed by atoms with E-state index in [9.17, 15) is 24.0 Å². The molecule has 4 unspecified atom stereocenters. The van der Waals surface area contributed by atoms with E-state index in [1.54, 1.807) is 30.3 Å². The third kappa shape index (κ3) is 11.2. The van der Waals surface area contributed by atoms with Crippen LogP contribution in [-0.4, -0.2) is 86.7 Å². The lowest BCUT2D eigenvalue weighted by Gasteiger charge is -2.28. The van der Waals surface area contributed by atoms with E-state index in [-0.39, 0.29) is 48.3 Å². The molecule has 2 aromatic heterocycles. The molecule has 1 aliphatic heterocycles. The molecule has 4 atom stereocenters. The molecular weight excluding hydrogens is 751 g/mol. The van der Waals surface area contributed by atoms with Crippen molar-refractivity contribution in [1.29, 1.82) is 0 Å². The molecule has 302 valence electrons. The highest BCUT2D eigenvalue weighted by Gasteiger charge is 2.55. The first-order chi connectivity index (χ1) is 27.5. The summed E-state index contributed by atoms with van der Waals surface area (Å²) >= 11 is 0. The number of carbonyl (C=O) groups excluding carboxylic acids is 4. The quantitative estimate of drug-likeness (QED) is 0.0382. The number of likely N-dealkylation sites (tertiary alicyclic amines) is 1. The number of rotatable bonds is 21. The van der Waals surface area contributed by atoms with Gasteiger partial charge in [0.05, 0.1) is 56.1 Å². The Kier molecular flexibility index (Phi) is 15.6. The SMILES string of the molecule is C=CC1C(C(=O)Nc2nc3ncc(CNc4ccc(C(C)=O)cc4)nc3c(=O)[nH]2)C(C(=O)NCCCCOP(OCC)OCC)C(C(C)=O)N1Cc1ccccc1. The van der Waals surface area contributed by atoms with Crippen molar-refractivity contribution >= 4 is 54.8 Å². The zero-order chi connectivity index (χ0) is 40.9. The van der Waals surface area contributed by atoms with Crippen LogP contribution in [0.15, 0.2) is 78.2 Å². The molecule has 1 saturated heterocycles. The lowest BCUT2D eigenvalue weighted by atomic mass is 9.84. The van der Waals surface area contributed by atoms with Crippen LogP contribution in [0, 0.1) is 11.8 Å². The van der Waals surface area contributed by atoms with Crippen LogP contribution in [0.5, 0.6) is 0 Å². The second-order valence-electron chi connectivity index (χ2n) is 13.3. The van der Waals surface area contributed by atoms with Gasteiger partial charge in [0.1, 0.15) is 5.78 Å². The van der Waals surface area contributed by atoms with Crippen LogP contribution < -0.4 is 21.5 Å². The molecule has 0 aliphatic carbocycles. The molecule has 57 heavy (non-hydrogen) atoms. The van der Waals surface area contributed by atoms with Crippen LogP contribution >= 0.6 is 8.60 Å². The Hall–Kier alpha value is -5.25. The van der Waals surface area contributed by atoms with Gasteiger partial charge in [0, 0.05) is 30.4 Å². The highest BCUT2D eigenvalue weighted by Crippen LogP contribution is 2.40. The molecule has 17 heteroatoms. The Labute approximate surface area is 332 Å². The van der Waals surface area contributed by atoms with E-state index in [0.29, 0.717) is 43.9 Å². The van der Waals surface area contributed by atoms with Gasteiger partial charge in [-0.15, -0.1) is 6.58 Å². The number of Topliss-reactive ketones (excluding diaryl/α,β-unsaturated/α-hetero) is 2. The van der Waals surface area contributed by atoms with Crippen molar-refractivity contribution in [2.75, 3.05) is 37.0 Å². The van der Waals surface area contributed by atoms with Gasteiger partial charge in [0.15, 0.2) is 16.9 Å². The number of H-pyrrole nitrogens is 1. The van der Waals surface area contributed by atoms with Crippen molar-refractivity contribution in [3.8, 4) is 0 Å². The van der Waals surface area contributed by atoms with E-state index in [0.717, 1.165) is 11.3 Å². The number of amides is 2. The summed E-state index contributed by atoms with van der Waals surface area (Å²) in [6.07, 6.45) is 4.20. The zero-order valence-electron chi connectivity index (χ0n) is 32.5. The number of carbonyl (C=O) groups is 4. The molecule has 16 nitrogen and oxygen atoms in total. The summed E-state index contributed by atoms with van der Waals surface area (Å²) in [7, 11) is -1.44. The van der Waals surface area contributed by atoms with Gasteiger partial charge < -0.3 is 24.2 Å². The fraction of sp³-hybridized carbons (Fsp3) is 0.400. The van der Waals surface area contributed by atoms with Gasteiger partial charge in [0.25, 0.3) is 5.56 Å². The molecule has 3 heterocycles. The molecule has 0 spiro atoms. The van der Waals surface area contributed by atoms with E-state index in [2.05, 4.69) is 42.5 Å². The third-order valence-corrected chi connectivity index (χ3v) is 10.6. The van der Waals surface area contributed by atoms with Gasteiger partial charge in [-0.25, -0.2) is 9.97 Å². The molecule has 2 amide bonds. The predicted molar refractivity (Wildman–Crippen MR) is 216 cm³/mol. The molecule has 0 radical (unpaired) electrons. The van der Waals surface area contributed by atoms with E-state index in [1.807, 2.05) is 49.1 Å². The van der Waals surface area contributed by atoms with Gasteiger partial charge in [-0.05, 0) is 70.4 Å². The van der Waals surface area contributed by atoms with Gasteiger partial charge in [-0.3, -0.25) is 39.2 Å². The second kappa shape index (κ2) is 20.8. The molecule has 5 rings (SSSR count). The van der Waals surface area contributed by atoms with Gasteiger partial charge in [0.2, 0.25) is 17.8 Å². The largest absolute Gasteiger partial charge is 0.379 e. The Morgan fingerprint density at radius 3 is 2.30 bits per heavy atom. The fourth-order valence-corrected chi connectivity index (χ4v) is 7.65. The minimum Gasteiger partial charge on any atom is -0.379 e. The maximum absolute atomic E-state index is 14.3. The number of nitrogens with one attached hydrogen (secondary N) is 4. The van der Waals surface area contributed by atoms with Crippen LogP contribution in [0.25, 0.3) is 11.2 Å². The minimum absolute atomic E-state index is 0.00373. The summed E-state index contributed by atoms with van der Waals surface area (Å²) in [6, 6.07) is 14.7. The van der Waals surface area contributed by atoms with Crippen LogP contribution in [0.4, 0.5) is 11.6 Å². The molecule has 0 bridgehead atoms. The summed E-state index contributed by atoms with van der Waals surface area (Å²) in [5, 5.41) is 8.80. The summed E-state index contributed by atoms with van der Waals surface area (Å²) < 4.78 is 16.6. The van der Waals surface area contributed by atoms with Crippen LogP contribution in [0.1, 0.15) is 62.2 Å². The molecule has 4 N–H and O–H groups in total. The zero-order valence-corrected chi connectivity index (χ0v) is 33.4. The molecule has 4 aromatic rings. The van der Waals surface area contributed by atoms with Crippen molar-refractivity contribution in [1.82, 2.24) is 30.2 Å². The van der Waals surface area contributed by atoms with Crippen molar-refractivity contribution in [2.24, 2.45) is 11.8 Å². The molecule has 1 aliphatic rings. The van der Waals surface area contributed by atoms with Crippen molar-refractivity contribution in [3.63, 3.8) is 0 Å². The van der Waals surface area contributed by atoms with E-state index in [4.69, 9.17) is 13.6 Å². The maximum atomic E-state index is 14.3. The fourth-order valence-electron chi connectivity index (χ4n) is 6.73.